The van der Waals surface area contributed by atoms with Crippen molar-refractivity contribution >= 4 is 0 Å². The number of nitrogens with zero attached hydrogens (tertiary/aromatic N) is 1. The molecule has 106 valence electrons. The molecule has 2 aliphatic rings. The van der Waals surface area contributed by atoms with Crippen molar-refractivity contribution in [3.05, 3.63) is 0 Å². The Kier molecular flexibility index (Phi) is 4.54. The topological polar surface area (TPSA) is 15.3 Å². The Morgan fingerprint density at radius 3 is 2.06 bits per heavy atom. The van der Waals surface area contributed by atoms with Crippen molar-refractivity contribution in [3.63, 3.8) is 0 Å². The van der Waals surface area contributed by atoms with Crippen LogP contribution in [0, 0.1) is 5.92 Å². The van der Waals surface area contributed by atoms with Crippen molar-refractivity contribution in [2.75, 3.05) is 19.6 Å². The van der Waals surface area contributed by atoms with E-state index in [-0.39, 0.29) is 0 Å². The van der Waals surface area contributed by atoms with Crippen LogP contribution in [0.25, 0.3) is 0 Å². The lowest BCUT2D eigenvalue weighted by Gasteiger charge is -2.45. The van der Waals surface area contributed by atoms with Crippen molar-refractivity contribution in [3.8, 4) is 0 Å². The van der Waals surface area contributed by atoms with Gasteiger partial charge in [-0.25, -0.2) is 0 Å². The highest BCUT2D eigenvalue weighted by Gasteiger charge is 2.43. The third-order valence-corrected chi connectivity index (χ3v) is 4.34. The summed E-state index contributed by atoms with van der Waals surface area (Å²) < 4.78 is 37.9. The Hall–Kier alpha value is -0.290. The maximum atomic E-state index is 12.6. The molecule has 0 aromatic heterocycles. The molecule has 2 fully saturated rings. The van der Waals surface area contributed by atoms with Gasteiger partial charge < -0.3 is 5.32 Å². The fraction of sp³-hybridized carbons (Fsp3) is 1.00. The van der Waals surface area contributed by atoms with Crippen molar-refractivity contribution < 1.29 is 13.2 Å². The summed E-state index contributed by atoms with van der Waals surface area (Å²) in [7, 11) is 0. The predicted octanol–water partition coefficient (Wildman–Crippen LogP) is 2.79. The Morgan fingerprint density at radius 1 is 1.06 bits per heavy atom. The number of nitrogens with one attached hydrogen (secondary N) is 1. The van der Waals surface area contributed by atoms with Crippen LogP contribution in [0.4, 0.5) is 13.2 Å². The lowest BCUT2D eigenvalue weighted by molar-refractivity contribution is -0.185. The quantitative estimate of drug-likeness (QED) is 0.840. The lowest BCUT2D eigenvalue weighted by Crippen LogP contribution is -2.60. The molecule has 1 N–H and O–H groups in total. The van der Waals surface area contributed by atoms with E-state index < -0.39 is 12.1 Å². The first-order valence-electron chi connectivity index (χ1n) is 7.05. The molecule has 0 amide bonds. The SMILES string of the molecule is CCCN(C1CCC(C(F)(F)F)CC1)C1CNC1. The summed E-state index contributed by atoms with van der Waals surface area (Å²) >= 11 is 0. The molecule has 0 aromatic rings. The molecule has 0 radical (unpaired) electrons. The van der Waals surface area contributed by atoms with E-state index in [1.54, 1.807) is 0 Å². The molecule has 2 rings (SSSR count). The molecular weight excluding hydrogens is 241 g/mol. The number of alkyl halides is 3. The van der Waals surface area contributed by atoms with Crippen LogP contribution in [0.3, 0.4) is 0 Å². The second kappa shape index (κ2) is 5.78. The van der Waals surface area contributed by atoms with Crippen LogP contribution in [0.15, 0.2) is 0 Å². The Bertz CT molecular complexity index is 255. The van der Waals surface area contributed by atoms with Crippen LogP contribution < -0.4 is 5.32 Å². The molecule has 0 atom stereocenters. The van der Waals surface area contributed by atoms with Crippen molar-refractivity contribution in [2.45, 2.75) is 57.3 Å². The van der Waals surface area contributed by atoms with Crippen LogP contribution in [0.1, 0.15) is 39.0 Å². The van der Waals surface area contributed by atoms with Crippen molar-refractivity contribution in [1.82, 2.24) is 10.2 Å². The summed E-state index contributed by atoms with van der Waals surface area (Å²) in [5.74, 6) is -1.06. The van der Waals surface area contributed by atoms with Gasteiger partial charge in [-0.05, 0) is 38.6 Å². The molecule has 0 bridgehead atoms. The smallest absolute Gasteiger partial charge is 0.314 e. The summed E-state index contributed by atoms with van der Waals surface area (Å²) in [5, 5.41) is 3.25. The van der Waals surface area contributed by atoms with Gasteiger partial charge in [0.05, 0.1) is 5.92 Å². The van der Waals surface area contributed by atoms with Gasteiger partial charge in [-0.1, -0.05) is 6.92 Å². The number of hydrogen-bond acceptors (Lipinski definition) is 2. The van der Waals surface area contributed by atoms with Crippen LogP contribution in [0.2, 0.25) is 0 Å². The van der Waals surface area contributed by atoms with Crippen LogP contribution in [-0.4, -0.2) is 42.8 Å². The fourth-order valence-corrected chi connectivity index (χ4v) is 3.16. The number of hydrogen-bond donors (Lipinski definition) is 1. The molecular formula is C13H23F3N2. The summed E-state index contributed by atoms with van der Waals surface area (Å²) in [6, 6.07) is 0.924. The molecule has 2 nitrogen and oxygen atoms in total. The molecule has 18 heavy (non-hydrogen) atoms. The molecule has 0 unspecified atom stereocenters. The van der Waals surface area contributed by atoms with E-state index in [0.29, 0.717) is 37.8 Å². The number of halogens is 3. The van der Waals surface area contributed by atoms with Gasteiger partial charge in [-0.2, -0.15) is 13.2 Å². The Labute approximate surface area is 107 Å². The van der Waals surface area contributed by atoms with Gasteiger partial charge in [0, 0.05) is 25.2 Å². The first-order valence-corrected chi connectivity index (χ1v) is 7.05. The molecule has 0 aromatic carbocycles. The van der Waals surface area contributed by atoms with E-state index in [1.807, 2.05) is 0 Å². The van der Waals surface area contributed by atoms with E-state index in [9.17, 15) is 13.2 Å². The molecule has 0 spiro atoms. The molecule has 1 heterocycles. The fourth-order valence-electron chi connectivity index (χ4n) is 3.16. The highest BCUT2D eigenvalue weighted by molar-refractivity contribution is 4.91. The van der Waals surface area contributed by atoms with Gasteiger partial charge in [0.1, 0.15) is 0 Å². The zero-order valence-electron chi connectivity index (χ0n) is 11.0. The van der Waals surface area contributed by atoms with E-state index in [4.69, 9.17) is 0 Å². The summed E-state index contributed by atoms with van der Waals surface area (Å²) in [5.41, 5.74) is 0. The zero-order valence-corrected chi connectivity index (χ0v) is 11.0. The van der Waals surface area contributed by atoms with Gasteiger partial charge >= 0.3 is 6.18 Å². The van der Waals surface area contributed by atoms with Gasteiger partial charge in [0.25, 0.3) is 0 Å². The molecule has 1 aliphatic carbocycles. The first-order chi connectivity index (χ1) is 8.52. The Balaban J connectivity index is 1.86. The molecule has 1 saturated carbocycles. The zero-order chi connectivity index (χ0) is 13.2. The summed E-state index contributed by atoms with van der Waals surface area (Å²) in [4.78, 5) is 2.45. The number of rotatable bonds is 4. The second-order valence-corrected chi connectivity index (χ2v) is 5.60. The van der Waals surface area contributed by atoms with Gasteiger partial charge in [-0.15, -0.1) is 0 Å². The van der Waals surface area contributed by atoms with Crippen LogP contribution in [-0.2, 0) is 0 Å². The minimum Gasteiger partial charge on any atom is -0.314 e. The van der Waals surface area contributed by atoms with Crippen LogP contribution >= 0.6 is 0 Å². The second-order valence-electron chi connectivity index (χ2n) is 5.60. The van der Waals surface area contributed by atoms with Gasteiger partial charge in [0.15, 0.2) is 0 Å². The summed E-state index contributed by atoms with van der Waals surface area (Å²) in [6.07, 6.45) is -0.862. The normalized spacial score (nSPS) is 30.5. The predicted molar refractivity (Wildman–Crippen MR) is 65.5 cm³/mol. The average Bonchev–Trinajstić information content (AvgIpc) is 2.25. The van der Waals surface area contributed by atoms with Crippen LogP contribution in [0.5, 0.6) is 0 Å². The third kappa shape index (κ3) is 3.18. The molecule has 1 saturated heterocycles. The monoisotopic (exact) mass is 264 g/mol. The van der Waals surface area contributed by atoms with Crippen molar-refractivity contribution in [2.24, 2.45) is 5.92 Å². The molecule has 1 aliphatic heterocycles. The summed E-state index contributed by atoms with van der Waals surface area (Å²) in [6.45, 7) is 5.16. The lowest BCUT2D eigenvalue weighted by atomic mass is 9.84. The maximum Gasteiger partial charge on any atom is 0.391 e. The van der Waals surface area contributed by atoms with E-state index in [0.717, 1.165) is 26.1 Å². The van der Waals surface area contributed by atoms with Crippen molar-refractivity contribution in [1.29, 1.82) is 0 Å². The third-order valence-electron chi connectivity index (χ3n) is 4.34. The average molecular weight is 264 g/mol. The first kappa shape index (κ1) is 14.1. The van der Waals surface area contributed by atoms with E-state index >= 15 is 0 Å². The van der Waals surface area contributed by atoms with Gasteiger partial charge in [0.2, 0.25) is 0 Å². The highest BCUT2D eigenvalue weighted by atomic mass is 19.4. The highest BCUT2D eigenvalue weighted by Crippen LogP contribution is 2.39. The molecule has 5 heteroatoms. The maximum absolute atomic E-state index is 12.6. The largest absolute Gasteiger partial charge is 0.391 e. The van der Waals surface area contributed by atoms with E-state index in [1.165, 1.54) is 0 Å². The minimum absolute atomic E-state index is 0.314. The van der Waals surface area contributed by atoms with Gasteiger partial charge in [-0.3, -0.25) is 4.90 Å². The van der Waals surface area contributed by atoms with E-state index in [2.05, 4.69) is 17.1 Å². The Morgan fingerprint density at radius 2 is 1.67 bits per heavy atom. The standard InChI is InChI=1S/C13H23F3N2/c1-2-7-18(12-8-17-9-12)11-5-3-10(4-6-11)13(14,15)16/h10-12,17H,2-9H2,1H3. The minimum atomic E-state index is -3.99.